The fourth-order valence-corrected chi connectivity index (χ4v) is 2.20. The standard InChI is InChI=1S/C15H16ClFN2/c1-2-19(12-6-3-5-11(18)9-12)10-13-14(16)7-4-8-15(13)17/h3-9H,2,10,18H2,1H3. The zero-order valence-corrected chi connectivity index (χ0v) is 11.5. The van der Waals surface area contributed by atoms with E-state index in [-0.39, 0.29) is 5.82 Å². The molecule has 0 radical (unpaired) electrons. The Morgan fingerprint density at radius 2 is 1.95 bits per heavy atom. The van der Waals surface area contributed by atoms with Gasteiger partial charge in [0.15, 0.2) is 0 Å². The molecule has 0 atom stereocenters. The molecule has 2 aromatic carbocycles. The van der Waals surface area contributed by atoms with Gasteiger partial charge in [-0.25, -0.2) is 4.39 Å². The number of hydrogen-bond donors (Lipinski definition) is 1. The molecule has 19 heavy (non-hydrogen) atoms. The highest BCUT2D eigenvalue weighted by Crippen LogP contribution is 2.24. The summed E-state index contributed by atoms with van der Waals surface area (Å²) in [4.78, 5) is 2.03. The molecule has 0 fully saturated rings. The van der Waals surface area contributed by atoms with E-state index in [1.807, 2.05) is 36.1 Å². The summed E-state index contributed by atoms with van der Waals surface area (Å²) < 4.78 is 13.8. The predicted octanol–water partition coefficient (Wildman–Crippen LogP) is 4.09. The zero-order chi connectivity index (χ0) is 13.8. The van der Waals surface area contributed by atoms with Crippen molar-refractivity contribution in [2.24, 2.45) is 0 Å². The van der Waals surface area contributed by atoms with Crippen LogP contribution in [0.1, 0.15) is 12.5 Å². The lowest BCUT2D eigenvalue weighted by molar-refractivity contribution is 0.605. The molecule has 0 spiro atoms. The van der Waals surface area contributed by atoms with E-state index in [1.54, 1.807) is 12.1 Å². The van der Waals surface area contributed by atoms with Gasteiger partial charge in [0.1, 0.15) is 5.82 Å². The van der Waals surface area contributed by atoms with Crippen LogP contribution < -0.4 is 10.6 Å². The van der Waals surface area contributed by atoms with Crippen molar-refractivity contribution < 1.29 is 4.39 Å². The van der Waals surface area contributed by atoms with E-state index in [4.69, 9.17) is 17.3 Å². The molecule has 0 unspecified atom stereocenters. The summed E-state index contributed by atoms with van der Waals surface area (Å²) >= 11 is 6.06. The van der Waals surface area contributed by atoms with Crippen molar-refractivity contribution in [2.75, 3.05) is 17.2 Å². The molecule has 2 rings (SSSR count). The van der Waals surface area contributed by atoms with Gasteiger partial charge >= 0.3 is 0 Å². The molecule has 2 aromatic rings. The van der Waals surface area contributed by atoms with Crippen molar-refractivity contribution in [1.82, 2.24) is 0 Å². The third kappa shape index (κ3) is 3.18. The Labute approximate surface area is 117 Å². The number of anilines is 2. The van der Waals surface area contributed by atoms with Gasteiger partial charge in [0.05, 0.1) is 0 Å². The normalized spacial score (nSPS) is 10.5. The summed E-state index contributed by atoms with van der Waals surface area (Å²) in [6.45, 7) is 3.18. The highest BCUT2D eigenvalue weighted by atomic mass is 35.5. The minimum atomic E-state index is -0.283. The molecular formula is C15H16ClFN2. The quantitative estimate of drug-likeness (QED) is 0.854. The first-order valence-corrected chi connectivity index (χ1v) is 6.53. The predicted molar refractivity (Wildman–Crippen MR) is 79.0 cm³/mol. The van der Waals surface area contributed by atoms with E-state index >= 15 is 0 Å². The van der Waals surface area contributed by atoms with E-state index in [2.05, 4.69) is 0 Å². The summed E-state index contributed by atoms with van der Waals surface area (Å²) in [7, 11) is 0. The Hall–Kier alpha value is -1.74. The second-order valence-electron chi connectivity index (χ2n) is 4.31. The minimum Gasteiger partial charge on any atom is -0.399 e. The number of nitrogens with zero attached hydrogens (tertiary/aromatic N) is 1. The van der Waals surface area contributed by atoms with Gasteiger partial charge in [-0.15, -0.1) is 0 Å². The van der Waals surface area contributed by atoms with Crippen LogP contribution in [0.4, 0.5) is 15.8 Å². The Morgan fingerprint density at radius 3 is 2.58 bits per heavy atom. The first kappa shape index (κ1) is 13.7. The number of benzene rings is 2. The molecule has 0 aromatic heterocycles. The maximum Gasteiger partial charge on any atom is 0.129 e. The van der Waals surface area contributed by atoms with Crippen LogP contribution in [0.15, 0.2) is 42.5 Å². The van der Waals surface area contributed by atoms with Crippen molar-refractivity contribution in [1.29, 1.82) is 0 Å². The van der Waals surface area contributed by atoms with Crippen LogP contribution in [0.5, 0.6) is 0 Å². The fourth-order valence-electron chi connectivity index (χ4n) is 1.98. The van der Waals surface area contributed by atoms with Crippen LogP contribution in [-0.4, -0.2) is 6.54 Å². The van der Waals surface area contributed by atoms with Gasteiger partial charge in [-0.1, -0.05) is 23.7 Å². The third-order valence-corrected chi connectivity index (χ3v) is 3.38. The molecule has 2 N–H and O–H groups in total. The van der Waals surface area contributed by atoms with Gasteiger partial charge in [-0.3, -0.25) is 0 Å². The average molecular weight is 279 g/mol. The van der Waals surface area contributed by atoms with Gasteiger partial charge in [0.2, 0.25) is 0 Å². The van der Waals surface area contributed by atoms with E-state index < -0.39 is 0 Å². The van der Waals surface area contributed by atoms with Gasteiger partial charge in [0, 0.05) is 35.1 Å². The van der Waals surface area contributed by atoms with E-state index in [0.717, 1.165) is 12.2 Å². The van der Waals surface area contributed by atoms with Crippen LogP contribution in [0, 0.1) is 5.82 Å². The molecular weight excluding hydrogens is 263 g/mol. The highest BCUT2D eigenvalue weighted by molar-refractivity contribution is 6.31. The third-order valence-electron chi connectivity index (χ3n) is 3.03. The topological polar surface area (TPSA) is 29.3 Å². The first-order chi connectivity index (χ1) is 9.11. The van der Waals surface area contributed by atoms with Crippen LogP contribution in [-0.2, 0) is 6.54 Å². The number of halogens is 2. The van der Waals surface area contributed by atoms with Crippen LogP contribution in [0.2, 0.25) is 5.02 Å². The molecule has 4 heteroatoms. The Morgan fingerprint density at radius 1 is 1.21 bits per heavy atom. The smallest absolute Gasteiger partial charge is 0.129 e. The Bertz CT molecular complexity index is 552. The highest BCUT2D eigenvalue weighted by Gasteiger charge is 2.12. The van der Waals surface area contributed by atoms with Crippen molar-refractivity contribution >= 4 is 23.0 Å². The summed E-state index contributed by atoms with van der Waals surface area (Å²) in [5.41, 5.74) is 7.94. The maximum atomic E-state index is 13.8. The van der Waals surface area contributed by atoms with Crippen LogP contribution in [0.25, 0.3) is 0 Å². The Balaban J connectivity index is 2.29. The van der Waals surface area contributed by atoms with E-state index in [0.29, 0.717) is 22.8 Å². The van der Waals surface area contributed by atoms with Crippen molar-refractivity contribution in [2.45, 2.75) is 13.5 Å². The summed E-state index contributed by atoms with van der Waals surface area (Å²) in [6, 6.07) is 12.3. The van der Waals surface area contributed by atoms with Crippen molar-refractivity contribution in [3.8, 4) is 0 Å². The largest absolute Gasteiger partial charge is 0.399 e. The summed E-state index contributed by atoms with van der Waals surface area (Å²) in [5, 5.41) is 0.447. The molecule has 0 aliphatic carbocycles. The SMILES string of the molecule is CCN(Cc1c(F)cccc1Cl)c1cccc(N)c1. The van der Waals surface area contributed by atoms with Gasteiger partial charge < -0.3 is 10.6 Å². The fraction of sp³-hybridized carbons (Fsp3) is 0.200. The number of nitrogens with two attached hydrogens (primary N) is 1. The second kappa shape index (κ2) is 5.93. The lowest BCUT2D eigenvalue weighted by atomic mass is 10.1. The molecule has 2 nitrogen and oxygen atoms in total. The van der Waals surface area contributed by atoms with Crippen molar-refractivity contribution in [3.05, 3.63) is 58.9 Å². The molecule has 0 saturated carbocycles. The molecule has 0 aliphatic heterocycles. The van der Waals surface area contributed by atoms with Crippen molar-refractivity contribution in [3.63, 3.8) is 0 Å². The monoisotopic (exact) mass is 278 g/mol. The molecule has 0 bridgehead atoms. The van der Waals surface area contributed by atoms with Crippen LogP contribution in [0.3, 0.4) is 0 Å². The summed E-state index contributed by atoms with van der Waals surface area (Å²) in [5.74, 6) is -0.283. The van der Waals surface area contributed by atoms with Gasteiger partial charge in [-0.05, 0) is 37.3 Å². The number of nitrogen functional groups attached to an aromatic ring is 1. The zero-order valence-electron chi connectivity index (χ0n) is 10.7. The molecule has 100 valence electrons. The first-order valence-electron chi connectivity index (χ1n) is 6.15. The van der Waals surface area contributed by atoms with Gasteiger partial charge in [0.25, 0.3) is 0 Å². The van der Waals surface area contributed by atoms with E-state index in [9.17, 15) is 4.39 Å². The molecule has 0 heterocycles. The van der Waals surface area contributed by atoms with Gasteiger partial charge in [-0.2, -0.15) is 0 Å². The lowest BCUT2D eigenvalue weighted by Crippen LogP contribution is -2.23. The summed E-state index contributed by atoms with van der Waals surface area (Å²) in [6.07, 6.45) is 0. The lowest BCUT2D eigenvalue weighted by Gasteiger charge is -2.24. The second-order valence-corrected chi connectivity index (χ2v) is 4.72. The Kier molecular flexibility index (Phi) is 4.27. The maximum absolute atomic E-state index is 13.8. The van der Waals surface area contributed by atoms with Crippen LogP contribution >= 0.6 is 11.6 Å². The molecule has 0 aliphatic rings. The molecule has 0 amide bonds. The minimum absolute atomic E-state index is 0.283. The van der Waals surface area contributed by atoms with E-state index in [1.165, 1.54) is 6.07 Å². The number of hydrogen-bond acceptors (Lipinski definition) is 2. The molecule has 0 saturated heterocycles. The average Bonchev–Trinajstić information content (AvgIpc) is 2.38. The number of rotatable bonds is 4.